The van der Waals surface area contributed by atoms with Crippen molar-refractivity contribution in [3.05, 3.63) is 58.6 Å². The topological polar surface area (TPSA) is 66.5 Å². The zero-order valence-electron chi connectivity index (χ0n) is 12.1. The van der Waals surface area contributed by atoms with Crippen LogP contribution in [0.5, 0.6) is 0 Å². The molecule has 0 bridgehead atoms. The van der Waals surface area contributed by atoms with Crippen molar-refractivity contribution in [3.63, 3.8) is 0 Å². The summed E-state index contributed by atoms with van der Waals surface area (Å²) in [5.41, 5.74) is 1.65. The van der Waals surface area contributed by atoms with E-state index in [1.807, 2.05) is 6.07 Å². The Kier molecular flexibility index (Phi) is 4.87. The Morgan fingerprint density at radius 3 is 2.23 bits per heavy atom. The van der Waals surface area contributed by atoms with Crippen molar-refractivity contribution < 1.29 is 13.2 Å². The smallest absolute Gasteiger partial charge is 0.256 e. The molecule has 0 fully saturated rings. The van der Waals surface area contributed by atoms with Gasteiger partial charge in [0.25, 0.3) is 5.91 Å². The molecule has 116 valence electrons. The molecule has 1 amide bonds. The maximum Gasteiger partial charge on any atom is 0.256 e. The molecule has 2 aromatic rings. The molecule has 0 aliphatic carbocycles. The first-order valence-electron chi connectivity index (χ1n) is 6.39. The van der Waals surface area contributed by atoms with Crippen molar-refractivity contribution in [3.8, 4) is 0 Å². The highest BCUT2D eigenvalue weighted by molar-refractivity contribution is 9.10. The van der Waals surface area contributed by atoms with Crippen LogP contribution in [0.3, 0.4) is 0 Å². The van der Waals surface area contributed by atoms with Crippen LogP contribution in [-0.4, -0.2) is 27.6 Å². The predicted octanol–water partition coefficient (Wildman–Crippen LogP) is 3.10. The van der Waals surface area contributed by atoms with Gasteiger partial charge in [-0.1, -0.05) is 12.1 Å². The molecular weight excluding hydrogens is 368 g/mol. The quantitative estimate of drug-likeness (QED) is 0.883. The second-order valence-corrected chi connectivity index (χ2v) is 7.58. The highest BCUT2D eigenvalue weighted by atomic mass is 79.9. The summed E-state index contributed by atoms with van der Waals surface area (Å²) in [6.45, 7) is 0. The van der Waals surface area contributed by atoms with Gasteiger partial charge in [-0.2, -0.15) is 0 Å². The third kappa shape index (κ3) is 3.86. The van der Waals surface area contributed by atoms with Crippen LogP contribution < -0.4 is 9.62 Å². The highest BCUT2D eigenvalue weighted by Gasteiger charge is 2.13. The fourth-order valence-corrected chi connectivity index (χ4v) is 2.76. The first-order valence-corrected chi connectivity index (χ1v) is 9.03. The van der Waals surface area contributed by atoms with Gasteiger partial charge in [-0.25, -0.2) is 8.42 Å². The summed E-state index contributed by atoms with van der Waals surface area (Å²) in [5.74, 6) is -0.239. The molecule has 0 aliphatic heterocycles. The summed E-state index contributed by atoms with van der Waals surface area (Å²) in [6, 6.07) is 13.7. The van der Waals surface area contributed by atoms with Gasteiger partial charge in [0.2, 0.25) is 10.0 Å². The number of rotatable bonds is 4. The zero-order valence-corrected chi connectivity index (χ0v) is 14.5. The average molecular weight is 383 g/mol. The number of benzene rings is 2. The van der Waals surface area contributed by atoms with E-state index in [1.54, 1.807) is 42.5 Å². The summed E-state index contributed by atoms with van der Waals surface area (Å²) in [5, 5.41) is 2.77. The van der Waals surface area contributed by atoms with Gasteiger partial charge in [-0.3, -0.25) is 9.10 Å². The van der Waals surface area contributed by atoms with Crippen LogP contribution in [0, 0.1) is 0 Å². The second kappa shape index (κ2) is 6.50. The minimum absolute atomic E-state index is 0.239. The molecule has 0 saturated carbocycles. The maximum absolute atomic E-state index is 12.2. The minimum atomic E-state index is -3.30. The molecule has 0 aliphatic rings. The first kappa shape index (κ1) is 16.5. The van der Waals surface area contributed by atoms with E-state index in [-0.39, 0.29) is 5.91 Å². The number of hydrogen-bond acceptors (Lipinski definition) is 3. The van der Waals surface area contributed by atoms with Crippen molar-refractivity contribution >= 4 is 43.2 Å². The van der Waals surface area contributed by atoms with Crippen molar-refractivity contribution in [2.45, 2.75) is 0 Å². The van der Waals surface area contributed by atoms with Crippen LogP contribution in [0.15, 0.2) is 53.0 Å². The van der Waals surface area contributed by atoms with E-state index in [4.69, 9.17) is 0 Å². The SMILES string of the molecule is CN(c1ccc(NC(=O)c2ccccc2Br)cc1)S(C)(=O)=O. The molecule has 5 nitrogen and oxygen atoms in total. The van der Waals surface area contributed by atoms with E-state index in [2.05, 4.69) is 21.2 Å². The number of carbonyl (C=O) groups excluding carboxylic acids is 1. The molecule has 2 aromatic carbocycles. The average Bonchev–Trinajstić information content (AvgIpc) is 2.46. The van der Waals surface area contributed by atoms with Crippen molar-refractivity contribution in [2.24, 2.45) is 0 Å². The molecular formula is C15H15BrN2O3S. The lowest BCUT2D eigenvalue weighted by Crippen LogP contribution is -2.24. The van der Waals surface area contributed by atoms with Gasteiger partial charge < -0.3 is 5.32 Å². The summed E-state index contributed by atoms with van der Waals surface area (Å²) in [7, 11) is -1.82. The van der Waals surface area contributed by atoms with E-state index in [1.165, 1.54) is 11.4 Å². The van der Waals surface area contributed by atoms with E-state index in [0.29, 0.717) is 21.4 Å². The number of anilines is 2. The van der Waals surface area contributed by atoms with Gasteiger partial charge in [0, 0.05) is 17.2 Å². The molecule has 2 rings (SSSR count). The normalized spacial score (nSPS) is 11.0. The Hall–Kier alpha value is -1.86. The van der Waals surface area contributed by atoms with Gasteiger partial charge >= 0.3 is 0 Å². The van der Waals surface area contributed by atoms with Crippen LogP contribution in [0.4, 0.5) is 11.4 Å². The molecule has 0 saturated heterocycles. The van der Waals surface area contributed by atoms with Gasteiger partial charge in [0.1, 0.15) is 0 Å². The summed E-state index contributed by atoms with van der Waals surface area (Å²) >= 11 is 3.33. The number of nitrogens with zero attached hydrogens (tertiary/aromatic N) is 1. The standard InChI is InChI=1S/C15H15BrN2O3S/c1-18(22(2,20)21)12-9-7-11(8-10-12)17-15(19)13-5-3-4-6-14(13)16/h3-10H,1-2H3,(H,17,19). The monoisotopic (exact) mass is 382 g/mol. The molecule has 0 heterocycles. The Bertz CT molecular complexity index is 789. The second-order valence-electron chi connectivity index (χ2n) is 4.71. The van der Waals surface area contributed by atoms with Gasteiger partial charge in [0.15, 0.2) is 0 Å². The number of halogens is 1. The molecule has 0 aromatic heterocycles. The molecule has 0 unspecified atom stereocenters. The molecule has 0 atom stereocenters. The molecule has 0 spiro atoms. The number of amides is 1. The third-order valence-corrected chi connectivity index (χ3v) is 5.00. The Morgan fingerprint density at radius 1 is 1.09 bits per heavy atom. The van der Waals surface area contributed by atoms with Crippen molar-refractivity contribution in [1.82, 2.24) is 0 Å². The number of carbonyl (C=O) groups is 1. The van der Waals surface area contributed by atoms with E-state index in [9.17, 15) is 13.2 Å². The highest BCUT2D eigenvalue weighted by Crippen LogP contribution is 2.21. The molecule has 1 N–H and O–H groups in total. The number of nitrogens with one attached hydrogen (secondary N) is 1. The Morgan fingerprint density at radius 2 is 1.68 bits per heavy atom. The van der Waals surface area contributed by atoms with Gasteiger partial charge in [-0.05, 0) is 52.3 Å². The largest absolute Gasteiger partial charge is 0.322 e. The van der Waals surface area contributed by atoms with Gasteiger partial charge in [-0.15, -0.1) is 0 Å². The van der Waals surface area contributed by atoms with Crippen LogP contribution in [0.1, 0.15) is 10.4 Å². The van der Waals surface area contributed by atoms with E-state index >= 15 is 0 Å². The summed E-state index contributed by atoms with van der Waals surface area (Å²) < 4.78 is 24.8. The Balaban J connectivity index is 2.15. The van der Waals surface area contributed by atoms with Crippen LogP contribution in [0.25, 0.3) is 0 Å². The summed E-state index contributed by atoms with van der Waals surface area (Å²) in [4.78, 5) is 12.2. The van der Waals surface area contributed by atoms with E-state index < -0.39 is 10.0 Å². The lowest BCUT2D eigenvalue weighted by atomic mass is 10.2. The first-order chi connectivity index (χ1) is 10.3. The van der Waals surface area contributed by atoms with Crippen LogP contribution >= 0.6 is 15.9 Å². The van der Waals surface area contributed by atoms with E-state index in [0.717, 1.165) is 6.26 Å². The van der Waals surface area contributed by atoms with Crippen LogP contribution in [0.2, 0.25) is 0 Å². The lowest BCUT2D eigenvalue weighted by Gasteiger charge is -2.17. The molecule has 0 radical (unpaired) electrons. The Labute approximate surface area is 138 Å². The number of sulfonamides is 1. The molecule has 22 heavy (non-hydrogen) atoms. The lowest BCUT2D eigenvalue weighted by molar-refractivity contribution is 0.102. The summed E-state index contributed by atoms with van der Waals surface area (Å²) in [6.07, 6.45) is 1.13. The zero-order chi connectivity index (χ0) is 16.3. The maximum atomic E-state index is 12.2. The third-order valence-electron chi connectivity index (χ3n) is 3.10. The minimum Gasteiger partial charge on any atom is -0.322 e. The van der Waals surface area contributed by atoms with Gasteiger partial charge in [0.05, 0.1) is 17.5 Å². The van der Waals surface area contributed by atoms with Crippen molar-refractivity contribution in [1.29, 1.82) is 0 Å². The molecule has 7 heteroatoms. The van der Waals surface area contributed by atoms with Crippen molar-refractivity contribution in [2.75, 3.05) is 22.9 Å². The van der Waals surface area contributed by atoms with Crippen LogP contribution in [-0.2, 0) is 10.0 Å². The predicted molar refractivity (Wildman–Crippen MR) is 91.8 cm³/mol. The fraction of sp³-hybridized carbons (Fsp3) is 0.133. The fourth-order valence-electron chi connectivity index (χ4n) is 1.79. The number of hydrogen-bond donors (Lipinski definition) is 1.